The molecule has 0 radical (unpaired) electrons. The predicted octanol–water partition coefficient (Wildman–Crippen LogP) is 5.17. The van der Waals surface area contributed by atoms with E-state index in [4.69, 9.17) is 11.6 Å². The number of anilines is 1. The van der Waals surface area contributed by atoms with Crippen LogP contribution < -0.4 is 5.32 Å². The Kier molecular flexibility index (Phi) is 6.19. The van der Waals surface area contributed by atoms with Crippen LogP contribution in [0, 0.1) is 5.92 Å². The van der Waals surface area contributed by atoms with Gasteiger partial charge in [0.1, 0.15) is 16.7 Å². The summed E-state index contributed by atoms with van der Waals surface area (Å²) in [6, 6.07) is 5.20. The lowest BCUT2D eigenvalue weighted by atomic mass is 9.92. The van der Waals surface area contributed by atoms with Gasteiger partial charge in [0.25, 0.3) is 0 Å². The molecular weight excluding hydrogens is 372 g/mol. The van der Waals surface area contributed by atoms with Crippen LogP contribution in [0.15, 0.2) is 18.2 Å². The van der Waals surface area contributed by atoms with E-state index in [1.54, 1.807) is 18.2 Å². The average molecular weight is 396 g/mol. The number of pyridine rings is 1. The van der Waals surface area contributed by atoms with Gasteiger partial charge in [-0.15, -0.1) is 0 Å². The Morgan fingerprint density at radius 2 is 1.89 bits per heavy atom. The lowest BCUT2D eigenvalue weighted by molar-refractivity contribution is -0.0361. The van der Waals surface area contributed by atoms with Crippen LogP contribution >= 0.6 is 11.6 Å². The molecule has 1 N–H and O–H groups in total. The summed E-state index contributed by atoms with van der Waals surface area (Å²) < 4.78 is 26.8. The second-order valence-corrected chi connectivity index (χ2v) is 7.84. The molecule has 0 aliphatic heterocycles. The summed E-state index contributed by atoms with van der Waals surface area (Å²) in [4.78, 5) is 17.8. The fourth-order valence-electron chi connectivity index (χ4n) is 3.03. The number of halogens is 3. The van der Waals surface area contributed by atoms with E-state index in [2.05, 4.69) is 39.1 Å². The third-order valence-corrected chi connectivity index (χ3v) is 4.83. The van der Waals surface area contributed by atoms with Gasteiger partial charge in [-0.05, 0) is 37.3 Å². The van der Waals surface area contributed by atoms with Crippen molar-refractivity contribution < 1.29 is 8.78 Å². The zero-order valence-electron chi connectivity index (χ0n) is 15.6. The van der Waals surface area contributed by atoms with Crippen molar-refractivity contribution in [3.63, 3.8) is 0 Å². The Morgan fingerprint density at radius 1 is 1.15 bits per heavy atom. The fraction of sp³-hybridized carbons (Fsp3) is 0.579. The fourth-order valence-corrected chi connectivity index (χ4v) is 3.19. The van der Waals surface area contributed by atoms with Crippen LogP contribution in [0.3, 0.4) is 0 Å². The van der Waals surface area contributed by atoms with Gasteiger partial charge in [-0.25, -0.2) is 18.7 Å². The van der Waals surface area contributed by atoms with Crippen molar-refractivity contribution in [3.05, 3.63) is 29.2 Å². The second kappa shape index (κ2) is 8.42. The molecule has 0 atom stereocenters. The number of nitrogens with one attached hydrogen (secondary N) is 1. The smallest absolute Gasteiger partial charge is 0.248 e. The van der Waals surface area contributed by atoms with Crippen LogP contribution in [0.25, 0.3) is 11.5 Å². The summed E-state index contributed by atoms with van der Waals surface area (Å²) in [6.07, 6.45) is 2.22. The van der Waals surface area contributed by atoms with Crippen LogP contribution in [-0.2, 0) is 6.42 Å². The molecule has 8 heteroatoms. The first-order chi connectivity index (χ1) is 12.8. The lowest BCUT2D eigenvalue weighted by Crippen LogP contribution is -2.32. The van der Waals surface area contributed by atoms with E-state index < -0.39 is 5.92 Å². The summed E-state index contributed by atoms with van der Waals surface area (Å²) in [5, 5.41) is 3.58. The molecule has 0 amide bonds. The van der Waals surface area contributed by atoms with E-state index in [9.17, 15) is 8.78 Å². The molecule has 3 rings (SSSR count). The van der Waals surface area contributed by atoms with Crippen LogP contribution in [0.5, 0.6) is 0 Å². The zero-order valence-corrected chi connectivity index (χ0v) is 16.3. The van der Waals surface area contributed by atoms with Gasteiger partial charge in [0, 0.05) is 25.3 Å². The minimum absolute atomic E-state index is 0.0647. The largest absolute Gasteiger partial charge is 0.351 e. The highest BCUT2D eigenvalue weighted by Crippen LogP contribution is 2.34. The molecule has 0 unspecified atom stereocenters. The maximum atomic E-state index is 13.4. The monoisotopic (exact) mass is 395 g/mol. The van der Waals surface area contributed by atoms with Gasteiger partial charge in [0.2, 0.25) is 11.9 Å². The minimum atomic E-state index is -2.56. The summed E-state index contributed by atoms with van der Waals surface area (Å²) in [6.45, 7) is 4.28. The van der Waals surface area contributed by atoms with E-state index in [-0.39, 0.29) is 18.9 Å². The van der Waals surface area contributed by atoms with Crippen LogP contribution in [0.4, 0.5) is 14.7 Å². The predicted molar refractivity (Wildman–Crippen MR) is 102 cm³/mol. The van der Waals surface area contributed by atoms with Gasteiger partial charge in [0.05, 0.1) is 0 Å². The summed E-state index contributed by atoms with van der Waals surface area (Å²) >= 11 is 5.99. The van der Waals surface area contributed by atoms with Gasteiger partial charge in [-0.1, -0.05) is 31.5 Å². The second-order valence-electron chi connectivity index (χ2n) is 7.45. The van der Waals surface area contributed by atoms with Crippen LogP contribution in [-0.4, -0.2) is 31.9 Å². The molecule has 2 heterocycles. The van der Waals surface area contributed by atoms with E-state index in [0.29, 0.717) is 53.6 Å². The van der Waals surface area contributed by atoms with Gasteiger partial charge >= 0.3 is 0 Å². The van der Waals surface area contributed by atoms with Crippen molar-refractivity contribution in [1.82, 2.24) is 19.9 Å². The third kappa shape index (κ3) is 5.79. The first-order valence-corrected chi connectivity index (χ1v) is 9.71. The first kappa shape index (κ1) is 19.9. The molecule has 5 nitrogen and oxygen atoms in total. The molecular formula is C19H24ClF2N5. The van der Waals surface area contributed by atoms with E-state index in [1.807, 2.05) is 0 Å². The highest BCUT2D eigenvalue weighted by atomic mass is 35.5. The first-order valence-electron chi connectivity index (χ1n) is 9.33. The Balaban J connectivity index is 1.83. The van der Waals surface area contributed by atoms with Gasteiger partial charge in [-0.2, -0.15) is 9.97 Å². The van der Waals surface area contributed by atoms with Crippen molar-refractivity contribution in [3.8, 4) is 11.5 Å². The van der Waals surface area contributed by atoms with Gasteiger partial charge in [0.15, 0.2) is 5.82 Å². The molecule has 1 aliphatic rings. The normalized spacial score (nSPS) is 17.3. The van der Waals surface area contributed by atoms with Crippen molar-refractivity contribution in [2.45, 2.75) is 64.3 Å². The molecule has 146 valence electrons. The molecule has 1 fully saturated rings. The number of alkyl halides is 2. The quantitative estimate of drug-likeness (QED) is 0.684. The zero-order chi connectivity index (χ0) is 19.4. The van der Waals surface area contributed by atoms with Crippen molar-refractivity contribution in [2.75, 3.05) is 5.32 Å². The molecule has 0 saturated heterocycles. The summed E-state index contributed by atoms with van der Waals surface area (Å²) in [7, 11) is 0. The maximum Gasteiger partial charge on any atom is 0.248 e. The average Bonchev–Trinajstić information content (AvgIpc) is 2.62. The number of hydrogen-bond donors (Lipinski definition) is 1. The van der Waals surface area contributed by atoms with Crippen molar-refractivity contribution in [2.24, 2.45) is 5.92 Å². The van der Waals surface area contributed by atoms with Crippen molar-refractivity contribution >= 4 is 17.5 Å². The molecule has 2 aromatic rings. The number of hydrogen-bond acceptors (Lipinski definition) is 5. The highest BCUT2D eigenvalue weighted by Gasteiger charge is 2.35. The number of nitrogens with zero attached hydrogens (tertiary/aromatic N) is 4. The molecule has 0 spiro atoms. The molecule has 0 bridgehead atoms. The number of rotatable bonds is 6. The Bertz CT molecular complexity index is 774. The molecule has 27 heavy (non-hydrogen) atoms. The van der Waals surface area contributed by atoms with Crippen LogP contribution in [0.2, 0.25) is 5.15 Å². The SMILES string of the molecule is CC(C)CCc1nc(NC2CCC(F)(F)CC2)nc(-c2cccc(Cl)n2)n1. The molecule has 0 aromatic carbocycles. The van der Waals surface area contributed by atoms with Gasteiger partial charge in [-0.3, -0.25) is 0 Å². The van der Waals surface area contributed by atoms with Crippen molar-refractivity contribution in [1.29, 1.82) is 0 Å². The number of aromatic nitrogens is 4. The highest BCUT2D eigenvalue weighted by molar-refractivity contribution is 6.29. The molecule has 1 saturated carbocycles. The van der Waals surface area contributed by atoms with Gasteiger partial charge < -0.3 is 5.32 Å². The maximum absolute atomic E-state index is 13.4. The topological polar surface area (TPSA) is 63.6 Å². The van der Waals surface area contributed by atoms with E-state index >= 15 is 0 Å². The summed E-state index contributed by atoms with van der Waals surface area (Å²) in [5.74, 6) is -0.522. The lowest BCUT2D eigenvalue weighted by Gasteiger charge is -2.28. The Morgan fingerprint density at radius 3 is 2.56 bits per heavy atom. The minimum Gasteiger partial charge on any atom is -0.351 e. The third-order valence-electron chi connectivity index (χ3n) is 4.62. The van der Waals surface area contributed by atoms with E-state index in [1.165, 1.54) is 0 Å². The summed E-state index contributed by atoms with van der Waals surface area (Å²) in [5.41, 5.74) is 0.564. The standard InChI is InChI=1S/C19H24ClF2N5/c1-12(2)6-7-16-25-17(14-4-3-5-15(20)24-14)27-18(26-16)23-13-8-10-19(21,22)11-9-13/h3-5,12-13H,6-11H2,1-2H3,(H,23,25,26,27). The van der Waals surface area contributed by atoms with E-state index in [0.717, 1.165) is 6.42 Å². The molecule has 1 aliphatic carbocycles. The Labute approximate surface area is 163 Å². The van der Waals surface area contributed by atoms with Crippen LogP contribution in [0.1, 0.15) is 51.8 Å². The number of aryl methyl sites for hydroxylation is 1. The Hall–Kier alpha value is -1.89. The molecule has 2 aromatic heterocycles.